The van der Waals surface area contributed by atoms with Crippen molar-refractivity contribution in [2.24, 2.45) is 5.92 Å². The molecule has 3 heterocycles. The van der Waals surface area contributed by atoms with E-state index in [0.717, 1.165) is 75.6 Å². The molecule has 1 saturated carbocycles. The molecule has 1 aromatic heterocycles. The third kappa shape index (κ3) is 5.73. The Bertz CT molecular complexity index is 1030. The Balaban J connectivity index is 1.50. The fourth-order valence-electron chi connectivity index (χ4n) is 5.11. The van der Waals surface area contributed by atoms with Gasteiger partial charge in [0.15, 0.2) is 5.69 Å². The highest BCUT2D eigenvalue weighted by Gasteiger charge is 2.28. The molecule has 1 aromatic carbocycles. The van der Waals surface area contributed by atoms with Crippen LogP contribution in [0, 0.1) is 5.92 Å². The number of anilines is 2. The second kappa shape index (κ2) is 11.4. The average Bonchev–Trinajstić information content (AvgIpc) is 3.43. The maximum atomic E-state index is 13.0. The van der Waals surface area contributed by atoms with Gasteiger partial charge in [-0.2, -0.15) is 4.98 Å². The number of methoxy groups -OCH3 is 1. The van der Waals surface area contributed by atoms with E-state index in [-0.39, 0.29) is 17.8 Å². The highest BCUT2D eigenvalue weighted by molar-refractivity contribution is 5.97. The molecule has 0 bridgehead atoms. The molecular weight excluding hydrogens is 460 g/mol. The van der Waals surface area contributed by atoms with E-state index in [9.17, 15) is 4.79 Å². The van der Waals surface area contributed by atoms with Crippen molar-refractivity contribution in [1.29, 1.82) is 0 Å². The van der Waals surface area contributed by atoms with Gasteiger partial charge >= 0.3 is 5.97 Å². The first-order valence-corrected chi connectivity index (χ1v) is 13.0. The minimum absolute atomic E-state index is 0.125. The van der Waals surface area contributed by atoms with Crippen molar-refractivity contribution >= 4 is 17.6 Å². The second-order valence-electron chi connectivity index (χ2n) is 9.92. The average molecular weight is 497 g/mol. The highest BCUT2D eigenvalue weighted by atomic mass is 16.6. The van der Waals surface area contributed by atoms with E-state index in [1.54, 1.807) is 0 Å². The fourth-order valence-corrected chi connectivity index (χ4v) is 5.11. The van der Waals surface area contributed by atoms with Gasteiger partial charge in [0, 0.05) is 31.2 Å². The van der Waals surface area contributed by atoms with Crippen molar-refractivity contribution in [3.8, 4) is 17.0 Å². The number of aromatic nitrogens is 2. The van der Waals surface area contributed by atoms with Gasteiger partial charge in [0.2, 0.25) is 11.8 Å². The Labute approximate surface area is 212 Å². The Morgan fingerprint density at radius 3 is 2.42 bits per heavy atom. The molecule has 2 aromatic rings. The van der Waals surface area contributed by atoms with Gasteiger partial charge in [-0.3, -0.25) is 0 Å². The zero-order valence-electron chi connectivity index (χ0n) is 21.2. The SMILES string of the molecule is COC(=O)c1nc(N[C@H]2CC[C@@H](C)CC2)nc(OC2CCOC2)c1-c1ccc(N2CCOCC2)cc1. The first-order chi connectivity index (χ1) is 17.6. The molecule has 1 N–H and O–H groups in total. The molecule has 5 rings (SSSR count). The van der Waals surface area contributed by atoms with Gasteiger partial charge in [-0.1, -0.05) is 19.1 Å². The number of hydrogen-bond donors (Lipinski definition) is 1. The molecule has 0 radical (unpaired) electrons. The van der Waals surface area contributed by atoms with Crippen LogP contribution in [0.15, 0.2) is 24.3 Å². The van der Waals surface area contributed by atoms with Gasteiger partial charge in [-0.15, -0.1) is 0 Å². The van der Waals surface area contributed by atoms with Crippen LogP contribution in [-0.4, -0.2) is 74.7 Å². The number of esters is 1. The molecule has 0 spiro atoms. The number of ether oxygens (including phenoxy) is 4. The van der Waals surface area contributed by atoms with Crippen LogP contribution in [0.2, 0.25) is 0 Å². The minimum atomic E-state index is -0.516. The number of rotatable bonds is 7. The van der Waals surface area contributed by atoms with Crippen molar-refractivity contribution in [2.75, 3.05) is 56.8 Å². The maximum Gasteiger partial charge on any atom is 0.357 e. The summed E-state index contributed by atoms with van der Waals surface area (Å²) < 4.78 is 22.5. The molecule has 9 nitrogen and oxygen atoms in total. The number of carbonyl (C=O) groups excluding carboxylic acids is 1. The lowest BCUT2D eigenvalue weighted by Crippen LogP contribution is -2.36. The van der Waals surface area contributed by atoms with Crippen LogP contribution in [0.3, 0.4) is 0 Å². The molecule has 194 valence electrons. The van der Waals surface area contributed by atoms with Crippen LogP contribution < -0.4 is 15.0 Å². The summed E-state index contributed by atoms with van der Waals surface area (Å²) in [6.07, 6.45) is 5.08. The topological polar surface area (TPSA) is 95.0 Å². The van der Waals surface area contributed by atoms with Crippen LogP contribution in [-0.2, 0) is 14.2 Å². The molecule has 0 amide bonds. The van der Waals surface area contributed by atoms with Gasteiger partial charge in [0.05, 0.1) is 39.1 Å². The number of carbonyl (C=O) groups is 1. The van der Waals surface area contributed by atoms with Crippen LogP contribution in [0.4, 0.5) is 11.6 Å². The van der Waals surface area contributed by atoms with E-state index in [2.05, 4.69) is 34.3 Å². The summed E-state index contributed by atoms with van der Waals surface area (Å²) in [6, 6.07) is 8.36. The van der Waals surface area contributed by atoms with Crippen LogP contribution in [0.1, 0.15) is 49.5 Å². The van der Waals surface area contributed by atoms with Gasteiger partial charge in [0.25, 0.3) is 0 Å². The largest absolute Gasteiger partial charge is 0.471 e. The Kier molecular flexibility index (Phi) is 7.87. The molecular formula is C27H36N4O5. The second-order valence-corrected chi connectivity index (χ2v) is 9.92. The van der Waals surface area contributed by atoms with Crippen LogP contribution in [0.25, 0.3) is 11.1 Å². The van der Waals surface area contributed by atoms with Crippen molar-refractivity contribution in [1.82, 2.24) is 9.97 Å². The third-order valence-electron chi connectivity index (χ3n) is 7.30. The van der Waals surface area contributed by atoms with E-state index >= 15 is 0 Å². The van der Waals surface area contributed by atoms with E-state index in [0.29, 0.717) is 30.6 Å². The van der Waals surface area contributed by atoms with Crippen molar-refractivity contribution < 1.29 is 23.7 Å². The molecule has 1 aliphatic carbocycles. The first kappa shape index (κ1) is 24.8. The predicted octanol–water partition coefficient (Wildman–Crippen LogP) is 3.93. The smallest absolute Gasteiger partial charge is 0.357 e. The Morgan fingerprint density at radius 1 is 1.00 bits per heavy atom. The summed E-state index contributed by atoms with van der Waals surface area (Å²) in [6.45, 7) is 6.58. The quantitative estimate of drug-likeness (QED) is 0.572. The Hall–Kier alpha value is -2.91. The molecule has 1 atom stereocenters. The normalized spacial score (nSPS) is 24.4. The minimum Gasteiger partial charge on any atom is -0.471 e. The van der Waals surface area contributed by atoms with Crippen molar-refractivity contribution in [2.45, 2.75) is 51.2 Å². The highest BCUT2D eigenvalue weighted by Crippen LogP contribution is 2.36. The molecule has 2 saturated heterocycles. The molecule has 3 fully saturated rings. The molecule has 1 unspecified atom stereocenters. The maximum absolute atomic E-state index is 13.0. The van der Waals surface area contributed by atoms with E-state index in [1.165, 1.54) is 7.11 Å². The van der Waals surface area contributed by atoms with Crippen LogP contribution >= 0.6 is 0 Å². The summed E-state index contributed by atoms with van der Waals surface area (Å²) in [5, 5.41) is 3.46. The van der Waals surface area contributed by atoms with E-state index in [4.69, 9.17) is 23.9 Å². The number of benzene rings is 1. The summed E-state index contributed by atoms with van der Waals surface area (Å²) in [5.41, 5.74) is 2.66. The van der Waals surface area contributed by atoms with Crippen LogP contribution in [0.5, 0.6) is 5.88 Å². The van der Waals surface area contributed by atoms with Crippen molar-refractivity contribution in [3.05, 3.63) is 30.0 Å². The number of morpholine rings is 1. The lowest BCUT2D eigenvalue weighted by atomic mass is 9.87. The zero-order chi connectivity index (χ0) is 24.9. The summed E-state index contributed by atoms with van der Waals surface area (Å²) in [7, 11) is 1.37. The van der Waals surface area contributed by atoms with Gasteiger partial charge in [0.1, 0.15) is 6.10 Å². The predicted molar refractivity (Wildman–Crippen MR) is 137 cm³/mol. The van der Waals surface area contributed by atoms with Gasteiger partial charge in [-0.25, -0.2) is 9.78 Å². The summed E-state index contributed by atoms with van der Waals surface area (Å²) in [4.78, 5) is 24.7. The number of nitrogens with zero attached hydrogens (tertiary/aromatic N) is 3. The first-order valence-electron chi connectivity index (χ1n) is 13.0. The molecule has 9 heteroatoms. The zero-order valence-corrected chi connectivity index (χ0v) is 21.2. The summed E-state index contributed by atoms with van der Waals surface area (Å²) >= 11 is 0. The standard InChI is InChI=1S/C27H36N4O5/c1-18-3-7-20(8-4-18)28-27-29-24(26(32)33-2)23(25(30-27)36-22-11-14-35-17-22)19-5-9-21(10-6-19)31-12-15-34-16-13-31/h5-6,9-10,18,20,22H,3-4,7-8,11-17H2,1-2H3,(H,28,29,30)/t18-,20+,22?. The summed E-state index contributed by atoms with van der Waals surface area (Å²) in [5.74, 6) is 1.00. The number of hydrogen-bond acceptors (Lipinski definition) is 9. The van der Waals surface area contributed by atoms with Gasteiger partial charge in [-0.05, 0) is 49.3 Å². The Morgan fingerprint density at radius 2 is 1.75 bits per heavy atom. The lowest BCUT2D eigenvalue weighted by Gasteiger charge is -2.29. The molecule has 3 aliphatic rings. The monoisotopic (exact) mass is 496 g/mol. The van der Waals surface area contributed by atoms with Gasteiger partial charge < -0.3 is 29.2 Å². The van der Waals surface area contributed by atoms with E-state index in [1.807, 2.05) is 12.1 Å². The molecule has 2 aliphatic heterocycles. The lowest BCUT2D eigenvalue weighted by molar-refractivity contribution is 0.0593. The fraction of sp³-hybridized carbons (Fsp3) is 0.593. The third-order valence-corrected chi connectivity index (χ3v) is 7.30. The number of nitrogens with one attached hydrogen (secondary N) is 1. The van der Waals surface area contributed by atoms with E-state index < -0.39 is 5.97 Å². The van der Waals surface area contributed by atoms with Crippen molar-refractivity contribution in [3.63, 3.8) is 0 Å². The molecule has 36 heavy (non-hydrogen) atoms.